The molecule has 0 radical (unpaired) electrons. The Bertz CT molecular complexity index is 602. The number of hydrogen-bond donors (Lipinski definition) is 1. The van der Waals surface area contributed by atoms with Crippen LogP contribution < -0.4 is 4.90 Å². The van der Waals surface area contributed by atoms with Gasteiger partial charge in [-0.25, -0.2) is 4.98 Å². The zero-order valence-corrected chi connectivity index (χ0v) is 15.2. The van der Waals surface area contributed by atoms with Gasteiger partial charge in [0.05, 0.1) is 6.54 Å². The van der Waals surface area contributed by atoms with Crippen LogP contribution in [0.2, 0.25) is 0 Å². The van der Waals surface area contributed by atoms with Gasteiger partial charge >= 0.3 is 5.97 Å². The van der Waals surface area contributed by atoms with E-state index < -0.39 is 5.97 Å². The van der Waals surface area contributed by atoms with Crippen LogP contribution in [0.25, 0.3) is 0 Å². The fourth-order valence-corrected chi connectivity index (χ4v) is 3.93. The molecular formula is C19H28N4O3. The van der Waals surface area contributed by atoms with Crippen LogP contribution in [0.15, 0.2) is 24.4 Å². The third kappa shape index (κ3) is 5.17. The molecule has 2 fully saturated rings. The molecule has 26 heavy (non-hydrogen) atoms. The molecule has 7 heteroatoms. The highest BCUT2D eigenvalue weighted by Crippen LogP contribution is 2.22. The van der Waals surface area contributed by atoms with Crippen molar-refractivity contribution in [2.45, 2.75) is 25.7 Å². The molecule has 3 rings (SSSR count). The third-order valence-corrected chi connectivity index (χ3v) is 5.33. The van der Waals surface area contributed by atoms with Crippen LogP contribution in [0.4, 0.5) is 5.82 Å². The molecule has 2 saturated heterocycles. The number of nitrogens with zero attached hydrogens (tertiary/aromatic N) is 4. The number of carbonyl (C=O) groups is 2. The van der Waals surface area contributed by atoms with Crippen molar-refractivity contribution >= 4 is 17.7 Å². The number of hydrogen-bond acceptors (Lipinski definition) is 5. The number of amides is 1. The maximum atomic E-state index is 12.5. The summed E-state index contributed by atoms with van der Waals surface area (Å²) in [6.45, 7) is 4.88. The average Bonchev–Trinajstić information content (AvgIpc) is 2.67. The molecule has 0 bridgehead atoms. The number of aliphatic carboxylic acids is 1. The topological polar surface area (TPSA) is 77.0 Å². The van der Waals surface area contributed by atoms with Crippen LogP contribution in [-0.2, 0) is 9.59 Å². The van der Waals surface area contributed by atoms with Crippen molar-refractivity contribution in [3.63, 3.8) is 0 Å². The number of piperidine rings is 1. The van der Waals surface area contributed by atoms with Gasteiger partial charge in [-0.05, 0) is 43.9 Å². The second kappa shape index (κ2) is 8.98. The molecule has 0 spiro atoms. The average molecular weight is 360 g/mol. The summed E-state index contributed by atoms with van der Waals surface area (Å²) in [4.78, 5) is 33.9. The van der Waals surface area contributed by atoms with E-state index >= 15 is 0 Å². The van der Waals surface area contributed by atoms with E-state index in [0.29, 0.717) is 12.3 Å². The van der Waals surface area contributed by atoms with Crippen molar-refractivity contribution in [1.29, 1.82) is 0 Å². The molecule has 1 aromatic heterocycles. The number of rotatable bonds is 6. The summed E-state index contributed by atoms with van der Waals surface area (Å²) in [5.74, 6) is 0.857. The Morgan fingerprint density at radius 3 is 2.65 bits per heavy atom. The van der Waals surface area contributed by atoms with E-state index in [1.165, 1.54) is 0 Å². The number of carboxylic acids is 1. The minimum Gasteiger partial charge on any atom is -0.480 e. The fourth-order valence-electron chi connectivity index (χ4n) is 3.93. The lowest BCUT2D eigenvalue weighted by atomic mass is 9.93. The van der Waals surface area contributed by atoms with Gasteiger partial charge in [-0.2, -0.15) is 0 Å². The molecule has 0 saturated carbocycles. The predicted molar refractivity (Wildman–Crippen MR) is 99.1 cm³/mol. The van der Waals surface area contributed by atoms with Crippen LogP contribution in [0.3, 0.4) is 0 Å². The van der Waals surface area contributed by atoms with Gasteiger partial charge in [0.1, 0.15) is 5.82 Å². The van der Waals surface area contributed by atoms with E-state index in [-0.39, 0.29) is 12.5 Å². The van der Waals surface area contributed by atoms with Crippen molar-refractivity contribution in [2.75, 3.05) is 50.7 Å². The maximum absolute atomic E-state index is 12.5. The first-order chi connectivity index (χ1) is 12.6. The number of aromatic nitrogens is 1. The smallest absolute Gasteiger partial charge is 0.317 e. The van der Waals surface area contributed by atoms with Gasteiger partial charge < -0.3 is 14.9 Å². The summed E-state index contributed by atoms with van der Waals surface area (Å²) in [5, 5.41) is 8.93. The first kappa shape index (κ1) is 18.6. The first-order valence-corrected chi connectivity index (χ1v) is 9.49. The van der Waals surface area contributed by atoms with E-state index in [1.54, 1.807) is 6.20 Å². The Kier molecular flexibility index (Phi) is 6.44. The second-order valence-corrected chi connectivity index (χ2v) is 7.23. The standard InChI is InChI=1S/C19H28N4O3/c24-18(7-6-16-4-3-9-21(14-16)15-19(25)26)23-12-10-22(11-13-23)17-5-1-2-8-20-17/h1-2,5,8,16H,3-4,6-7,9-15H2,(H,25,26)/t16-/m1/s1. The number of piperazine rings is 1. The Balaban J connectivity index is 1.40. The van der Waals surface area contributed by atoms with Crippen molar-refractivity contribution in [2.24, 2.45) is 5.92 Å². The molecule has 1 amide bonds. The lowest BCUT2D eigenvalue weighted by Gasteiger charge is -2.36. The zero-order chi connectivity index (χ0) is 18.4. The maximum Gasteiger partial charge on any atom is 0.317 e. The molecule has 2 aliphatic heterocycles. The van der Waals surface area contributed by atoms with Gasteiger partial charge in [-0.15, -0.1) is 0 Å². The van der Waals surface area contributed by atoms with Crippen LogP contribution in [0, 0.1) is 5.92 Å². The van der Waals surface area contributed by atoms with Gasteiger partial charge in [0.25, 0.3) is 0 Å². The van der Waals surface area contributed by atoms with Crippen molar-refractivity contribution in [1.82, 2.24) is 14.8 Å². The Labute approximate surface area is 154 Å². The molecule has 142 valence electrons. The van der Waals surface area contributed by atoms with E-state index in [0.717, 1.165) is 64.3 Å². The van der Waals surface area contributed by atoms with Crippen LogP contribution >= 0.6 is 0 Å². The van der Waals surface area contributed by atoms with Gasteiger partial charge in [0.15, 0.2) is 0 Å². The highest BCUT2D eigenvalue weighted by atomic mass is 16.4. The number of likely N-dealkylation sites (tertiary alicyclic amines) is 1. The van der Waals surface area contributed by atoms with Gasteiger partial charge in [-0.1, -0.05) is 6.07 Å². The summed E-state index contributed by atoms with van der Waals surface area (Å²) in [6.07, 6.45) is 5.33. The molecule has 1 aromatic rings. The summed E-state index contributed by atoms with van der Waals surface area (Å²) in [5.41, 5.74) is 0. The number of pyridine rings is 1. The monoisotopic (exact) mass is 360 g/mol. The molecular weight excluding hydrogens is 332 g/mol. The summed E-state index contributed by atoms with van der Waals surface area (Å²) >= 11 is 0. The van der Waals surface area contributed by atoms with E-state index in [9.17, 15) is 9.59 Å². The lowest BCUT2D eigenvalue weighted by Crippen LogP contribution is -2.49. The molecule has 2 aliphatic rings. The molecule has 7 nitrogen and oxygen atoms in total. The number of anilines is 1. The minimum absolute atomic E-state index is 0.111. The highest BCUT2D eigenvalue weighted by Gasteiger charge is 2.25. The lowest BCUT2D eigenvalue weighted by molar-refractivity contribution is -0.139. The fraction of sp³-hybridized carbons (Fsp3) is 0.632. The molecule has 3 heterocycles. The van der Waals surface area contributed by atoms with E-state index in [2.05, 4.69) is 9.88 Å². The third-order valence-electron chi connectivity index (χ3n) is 5.33. The van der Waals surface area contributed by atoms with Gasteiger partial charge in [-0.3, -0.25) is 14.5 Å². The van der Waals surface area contributed by atoms with Crippen molar-refractivity contribution in [3.8, 4) is 0 Å². The van der Waals surface area contributed by atoms with Gasteiger partial charge in [0, 0.05) is 45.3 Å². The predicted octanol–water partition coefficient (Wildman–Crippen LogP) is 1.31. The van der Waals surface area contributed by atoms with Crippen molar-refractivity contribution < 1.29 is 14.7 Å². The SMILES string of the molecule is O=C(O)CN1CCC[C@H](CCC(=O)N2CCN(c3ccccn3)CC2)C1. The van der Waals surface area contributed by atoms with Crippen LogP contribution in [-0.4, -0.2) is 77.6 Å². The van der Waals surface area contributed by atoms with Gasteiger partial charge in [0.2, 0.25) is 5.91 Å². The molecule has 1 N–H and O–H groups in total. The summed E-state index contributed by atoms with van der Waals surface area (Å²) in [6, 6.07) is 5.90. The molecule has 1 atom stereocenters. The highest BCUT2D eigenvalue weighted by molar-refractivity contribution is 5.76. The Morgan fingerprint density at radius 1 is 1.15 bits per heavy atom. The molecule has 0 unspecified atom stereocenters. The van der Waals surface area contributed by atoms with E-state index in [1.807, 2.05) is 28.0 Å². The number of carboxylic acid groups (broad SMARTS) is 1. The Hall–Kier alpha value is -2.15. The van der Waals surface area contributed by atoms with Crippen LogP contribution in [0.1, 0.15) is 25.7 Å². The zero-order valence-electron chi connectivity index (χ0n) is 15.2. The molecule has 0 aliphatic carbocycles. The molecule has 0 aromatic carbocycles. The quantitative estimate of drug-likeness (QED) is 0.824. The summed E-state index contributed by atoms with van der Waals surface area (Å²) in [7, 11) is 0. The first-order valence-electron chi connectivity index (χ1n) is 9.49. The normalized spacial score (nSPS) is 21.6. The number of carbonyl (C=O) groups excluding carboxylic acids is 1. The van der Waals surface area contributed by atoms with E-state index in [4.69, 9.17) is 5.11 Å². The minimum atomic E-state index is -0.771. The van der Waals surface area contributed by atoms with Crippen molar-refractivity contribution in [3.05, 3.63) is 24.4 Å². The summed E-state index contributed by atoms with van der Waals surface area (Å²) < 4.78 is 0. The largest absolute Gasteiger partial charge is 0.480 e. The van der Waals surface area contributed by atoms with Crippen LogP contribution in [0.5, 0.6) is 0 Å². The second-order valence-electron chi connectivity index (χ2n) is 7.23. The Morgan fingerprint density at radius 2 is 1.96 bits per heavy atom.